The van der Waals surface area contributed by atoms with Gasteiger partial charge in [0, 0.05) is 27.2 Å². The van der Waals surface area contributed by atoms with E-state index in [2.05, 4.69) is 5.32 Å². The van der Waals surface area contributed by atoms with Crippen molar-refractivity contribution in [1.82, 2.24) is 15.1 Å². The van der Waals surface area contributed by atoms with Crippen LogP contribution in [0.5, 0.6) is 0 Å². The fourth-order valence-electron chi connectivity index (χ4n) is 4.58. The molecule has 0 radical (unpaired) electrons. The number of piperidine rings is 1. The molecule has 1 aromatic rings. The zero-order valence-corrected chi connectivity index (χ0v) is 17.0. The summed E-state index contributed by atoms with van der Waals surface area (Å²) >= 11 is 0. The lowest BCUT2D eigenvalue weighted by Crippen LogP contribution is -2.58. The average Bonchev–Trinajstić information content (AvgIpc) is 3.11. The van der Waals surface area contributed by atoms with E-state index in [1.165, 1.54) is 11.9 Å². The van der Waals surface area contributed by atoms with Gasteiger partial charge in [-0.15, -0.1) is 0 Å². The molecule has 1 spiro atoms. The summed E-state index contributed by atoms with van der Waals surface area (Å²) in [6.07, 6.45) is -1.65. The zero-order chi connectivity index (χ0) is 21.5. The molecule has 0 aliphatic carbocycles. The van der Waals surface area contributed by atoms with Crippen LogP contribution in [0.1, 0.15) is 34.7 Å². The third-order valence-electron chi connectivity index (χ3n) is 6.08. The Balaban J connectivity index is 1.85. The third-order valence-corrected chi connectivity index (χ3v) is 6.08. The molecule has 0 aromatic carbocycles. The Morgan fingerprint density at radius 1 is 1.28 bits per heavy atom. The minimum Gasteiger partial charge on any atom is -0.466 e. The highest BCUT2D eigenvalue weighted by atomic mass is 16.6. The van der Waals surface area contributed by atoms with E-state index in [1.54, 1.807) is 31.9 Å². The number of nitrogens with two attached hydrogens (primary N) is 1. The molecule has 2 saturated heterocycles. The highest BCUT2D eigenvalue weighted by Crippen LogP contribution is 2.44. The first kappa shape index (κ1) is 20.7. The maximum atomic E-state index is 12.9. The van der Waals surface area contributed by atoms with Crippen molar-refractivity contribution in [2.75, 3.05) is 27.2 Å². The summed E-state index contributed by atoms with van der Waals surface area (Å²) in [5.41, 5.74) is 4.76. The topological polar surface area (TPSA) is 135 Å². The standard InChI is InChI=1S/C19H26N4O6/c1-10-9-12(11(2)28-10)16(25)23-7-5-19(6-8-23)13(15(24)21-3)14(29-18(20)27)17(26)22(19)4/h9,13-14H,5-8H2,1-4H3,(H2,20,27)(H,21,24)/t13-,14+/m0/s1. The van der Waals surface area contributed by atoms with E-state index in [-0.39, 0.29) is 5.91 Å². The van der Waals surface area contributed by atoms with Crippen molar-refractivity contribution in [1.29, 1.82) is 0 Å². The molecule has 3 N–H and O–H groups in total. The summed E-state index contributed by atoms with van der Waals surface area (Å²) in [7, 11) is 3.05. The molecule has 4 amide bonds. The van der Waals surface area contributed by atoms with E-state index in [1.807, 2.05) is 0 Å². The molecule has 29 heavy (non-hydrogen) atoms. The smallest absolute Gasteiger partial charge is 0.405 e. The monoisotopic (exact) mass is 406 g/mol. The summed E-state index contributed by atoms with van der Waals surface area (Å²) < 4.78 is 10.5. The van der Waals surface area contributed by atoms with Gasteiger partial charge < -0.3 is 30.0 Å². The summed E-state index contributed by atoms with van der Waals surface area (Å²) in [5, 5.41) is 2.55. The van der Waals surface area contributed by atoms with E-state index < -0.39 is 35.5 Å². The molecule has 2 fully saturated rings. The SMILES string of the molecule is CNC(=O)[C@@H]1[C@@H](OC(N)=O)C(=O)N(C)C12CCN(C(=O)c1cc(C)oc1C)CC2. The van der Waals surface area contributed by atoms with Gasteiger partial charge in [0.05, 0.1) is 11.1 Å². The van der Waals surface area contributed by atoms with Crippen LogP contribution in [0.3, 0.4) is 0 Å². The van der Waals surface area contributed by atoms with Gasteiger partial charge in [0.25, 0.3) is 11.8 Å². The number of furan rings is 1. The van der Waals surface area contributed by atoms with E-state index >= 15 is 0 Å². The van der Waals surface area contributed by atoms with Crippen molar-refractivity contribution in [2.24, 2.45) is 11.7 Å². The second-order valence-electron chi connectivity index (χ2n) is 7.57. The van der Waals surface area contributed by atoms with Crippen molar-refractivity contribution in [3.05, 3.63) is 23.2 Å². The highest BCUT2D eigenvalue weighted by Gasteiger charge is 2.62. The van der Waals surface area contributed by atoms with Crippen LogP contribution in [0.15, 0.2) is 10.5 Å². The van der Waals surface area contributed by atoms with Crippen molar-refractivity contribution in [3.63, 3.8) is 0 Å². The number of primary amides is 1. The van der Waals surface area contributed by atoms with Gasteiger partial charge in [-0.05, 0) is 32.8 Å². The predicted octanol–water partition coefficient (Wildman–Crippen LogP) is 0.169. The summed E-state index contributed by atoms with van der Waals surface area (Å²) in [6.45, 7) is 4.21. The first-order chi connectivity index (χ1) is 13.6. The van der Waals surface area contributed by atoms with Gasteiger partial charge in [-0.3, -0.25) is 14.4 Å². The van der Waals surface area contributed by atoms with Crippen LogP contribution in [0.4, 0.5) is 4.79 Å². The summed E-state index contributed by atoms with van der Waals surface area (Å²) in [6, 6.07) is 1.71. The molecule has 10 heteroatoms. The minimum absolute atomic E-state index is 0.150. The van der Waals surface area contributed by atoms with E-state index in [0.29, 0.717) is 43.0 Å². The number of amides is 4. The number of aryl methyl sites for hydroxylation is 2. The fraction of sp³-hybridized carbons (Fsp3) is 0.579. The minimum atomic E-state index is -1.28. The molecule has 0 saturated carbocycles. The van der Waals surface area contributed by atoms with Crippen LogP contribution in [0, 0.1) is 19.8 Å². The molecule has 1 aromatic heterocycles. The molecule has 3 heterocycles. The van der Waals surface area contributed by atoms with Gasteiger partial charge in [-0.25, -0.2) is 4.79 Å². The van der Waals surface area contributed by atoms with Crippen LogP contribution < -0.4 is 11.1 Å². The van der Waals surface area contributed by atoms with Crippen molar-refractivity contribution in [3.8, 4) is 0 Å². The molecule has 0 bridgehead atoms. The van der Waals surface area contributed by atoms with Gasteiger partial charge in [0.2, 0.25) is 5.91 Å². The Morgan fingerprint density at radius 2 is 1.90 bits per heavy atom. The molecule has 3 rings (SSSR count). The Morgan fingerprint density at radius 3 is 2.38 bits per heavy atom. The molecule has 10 nitrogen and oxygen atoms in total. The number of carbonyl (C=O) groups is 4. The largest absolute Gasteiger partial charge is 0.466 e. The Kier molecular flexibility index (Phi) is 5.29. The molecule has 0 unspecified atom stereocenters. The Labute approximate surface area is 168 Å². The fourth-order valence-corrected chi connectivity index (χ4v) is 4.58. The number of likely N-dealkylation sites (tertiary alicyclic amines) is 2. The third kappa shape index (κ3) is 3.32. The van der Waals surface area contributed by atoms with Gasteiger partial charge in [0.1, 0.15) is 17.4 Å². The highest BCUT2D eigenvalue weighted by molar-refractivity contribution is 5.97. The van der Waals surface area contributed by atoms with E-state index in [4.69, 9.17) is 14.9 Å². The zero-order valence-electron chi connectivity index (χ0n) is 17.0. The maximum absolute atomic E-state index is 12.9. The molecular formula is C19H26N4O6. The number of nitrogens with one attached hydrogen (secondary N) is 1. The number of hydrogen-bond acceptors (Lipinski definition) is 6. The normalized spacial score (nSPS) is 23.4. The Bertz CT molecular complexity index is 855. The number of carbonyl (C=O) groups excluding carboxylic acids is 4. The number of ether oxygens (including phenoxy) is 1. The number of nitrogens with zero attached hydrogens (tertiary/aromatic N) is 2. The number of hydrogen-bond donors (Lipinski definition) is 2. The second-order valence-corrected chi connectivity index (χ2v) is 7.57. The van der Waals surface area contributed by atoms with Crippen molar-refractivity contribution >= 4 is 23.8 Å². The van der Waals surface area contributed by atoms with Crippen LogP contribution in [-0.4, -0.2) is 72.4 Å². The molecule has 2 atom stereocenters. The van der Waals surface area contributed by atoms with Gasteiger partial charge >= 0.3 is 6.09 Å². The number of likely N-dealkylation sites (N-methyl/N-ethyl adjacent to an activating group) is 1. The van der Waals surface area contributed by atoms with Crippen LogP contribution >= 0.6 is 0 Å². The maximum Gasteiger partial charge on any atom is 0.405 e. The summed E-state index contributed by atoms with van der Waals surface area (Å²) in [5.74, 6) is -0.727. The molecule has 2 aliphatic rings. The Hall–Kier alpha value is -3.04. The van der Waals surface area contributed by atoms with Gasteiger partial charge in [-0.2, -0.15) is 0 Å². The first-order valence-electron chi connectivity index (χ1n) is 9.44. The lowest BCUT2D eigenvalue weighted by molar-refractivity contribution is -0.137. The van der Waals surface area contributed by atoms with Crippen LogP contribution in [0.25, 0.3) is 0 Å². The predicted molar refractivity (Wildman–Crippen MR) is 101 cm³/mol. The second kappa shape index (κ2) is 7.41. The number of rotatable bonds is 3. The molecular weight excluding hydrogens is 380 g/mol. The molecule has 158 valence electrons. The lowest BCUT2D eigenvalue weighted by Gasteiger charge is -2.45. The lowest BCUT2D eigenvalue weighted by atomic mass is 9.75. The van der Waals surface area contributed by atoms with Crippen molar-refractivity contribution in [2.45, 2.75) is 38.3 Å². The van der Waals surface area contributed by atoms with E-state index in [0.717, 1.165) is 0 Å². The van der Waals surface area contributed by atoms with Gasteiger partial charge in [-0.1, -0.05) is 0 Å². The van der Waals surface area contributed by atoms with Crippen molar-refractivity contribution < 1.29 is 28.3 Å². The first-order valence-corrected chi connectivity index (χ1v) is 9.44. The summed E-state index contributed by atoms with van der Waals surface area (Å²) in [4.78, 5) is 52.7. The van der Waals surface area contributed by atoms with Crippen LogP contribution in [-0.2, 0) is 14.3 Å². The molecule has 2 aliphatic heterocycles. The van der Waals surface area contributed by atoms with Gasteiger partial charge in [0.15, 0.2) is 6.10 Å². The quantitative estimate of drug-likeness (QED) is 0.735. The average molecular weight is 406 g/mol. The van der Waals surface area contributed by atoms with E-state index in [9.17, 15) is 19.2 Å². The van der Waals surface area contributed by atoms with Crippen LogP contribution in [0.2, 0.25) is 0 Å².